The first-order valence-corrected chi connectivity index (χ1v) is 41.4. The Morgan fingerprint density at radius 1 is 0.379 bits per heavy atom. The maximum Gasteiger partial charge on any atom is 0.356 e. The molecular weight excluding hydrogens is 1620 g/mol. The molecule has 3 amide bonds. The first kappa shape index (κ1) is 88.1. The van der Waals surface area contributed by atoms with E-state index < -0.39 is 135 Å². The van der Waals surface area contributed by atoms with Gasteiger partial charge in [-0.1, -0.05) is 182 Å². The van der Waals surface area contributed by atoms with Crippen LogP contribution in [0.25, 0.3) is 33.4 Å². The molecule has 1 unspecified atom stereocenters. The number of aliphatic hydroxyl groups excluding tert-OH is 9. The molecular formula is C96H88F3N3O21P-. The van der Waals surface area contributed by atoms with Crippen molar-refractivity contribution in [2.24, 2.45) is 17.8 Å². The number of ether oxygens (including phenoxy) is 1. The molecule has 4 aliphatic rings. The van der Waals surface area contributed by atoms with Crippen LogP contribution in [0.1, 0.15) is 101 Å². The van der Waals surface area contributed by atoms with Gasteiger partial charge in [0.05, 0.1) is 96.6 Å². The zero-order valence-corrected chi connectivity index (χ0v) is 66.8. The summed E-state index contributed by atoms with van der Waals surface area (Å²) in [6, 6.07) is 74.2. The number of para-hydroxylation sites is 3. The lowest BCUT2D eigenvalue weighted by Crippen LogP contribution is -2.59. The number of aliphatic hydroxyl groups is 9. The molecule has 4 heterocycles. The Balaban J connectivity index is 0.000000153. The van der Waals surface area contributed by atoms with Gasteiger partial charge in [0.15, 0.2) is 0 Å². The number of rotatable bonds is 24. The maximum atomic E-state index is 13.5. The molecule has 0 bridgehead atoms. The van der Waals surface area contributed by atoms with E-state index in [-0.39, 0.29) is 65.3 Å². The lowest BCUT2D eigenvalue weighted by Gasteiger charge is -2.49. The topological polar surface area (TPSA) is 414 Å². The number of β-lactam (4-membered cyclic amide) rings is 3. The average Bonchev–Trinajstić information content (AvgIpc) is 0.736. The molecule has 0 saturated carbocycles. The van der Waals surface area contributed by atoms with Crippen LogP contribution in [0, 0.1) is 35.2 Å². The van der Waals surface area contributed by atoms with Gasteiger partial charge in [-0.3, -0.25) is 18.9 Å². The number of carbonyl (C=O) groups is 3. The second-order valence-electron chi connectivity index (χ2n) is 31.0. The molecule has 0 spiro atoms. The highest BCUT2D eigenvalue weighted by atomic mass is 31.2. The quantitative estimate of drug-likeness (QED) is 0.0197. The van der Waals surface area contributed by atoms with E-state index in [0.29, 0.717) is 89.4 Å². The van der Waals surface area contributed by atoms with Gasteiger partial charge in [0.1, 0.15) is 52.7 Å². The summed E-state index contributed by atoms with van der Waals surface area (Å²) in [5.74, 6) is -5.49. The second kappa shape index (κ2) is 37.8. The largest absolute Gasteiger partial charge is 0.848 e. The van der Waals surface area contributed by atoms with Gasteiger partial charge < -0.3 is 101 Å². The second-order valence-corrected chi connectivity index (χ2v) is 32.6. The molecule has 4 aliphatic heterocycles. The summed E-state index contributed by atoms with van der Waals surface area (Å²) >= 11 is 0. The van der Waals surface area contributed by atoms with E-state index in [2.05, 4.69) is 0 Å². The number of aromatic hydroxyl groups is 4. The van der Waals surface area contributed by atoms with Crippen molar-refractivity contribution in [2.45, 2.75) is 105 Å². The van der Waals surface area contributed by atoms with Gasteiger partial charge in [-0.05, 0) is 171 Å². The Labute approximate surface area is 709 Å². The Morgan fingerprint density at radius 3 is 1.01 bits per heavy atom. The van der Waals surface area contributed by atoms with Gasteiger partial charge in [-0.15, -0.1) is 0 Å². The molecule has 28 heteroatoms. The Morgan fingerprint density at radius 2 is 0.694 bits per heavy atom. The number of hydrogen-bond donors (Lipinski definition) is 15. The predicted octanol–water partition coefficient (Wildman–Crippen LogP) is 11.6. The summed E-state index contributed by atoms with van der Waals surface area (Å²) in [5.41, 5.74) is 8.57. The number of halogens is 3. The van der Waals surface area contributed by atoms with Crippen LogP contribution in [0.2, 0.25) is 0 Å². The van der Waals surface area contributed by atoms with Gasteiger partial charge in [-0.25, -0.2) is 13.2 Å². The molecule has 0 aromatic heterocycles. The molecule has 17 atom stereocenters. The minimum atomic E-state index is -4.39. The van der Waals surface area contributed by atoms with Crippen molar-refractivity contribution in [1.29, 1.82) is 0 Å². The summed E-state index contributed by atoms with van der Waals surface area (Å²) in [4.78, 5) is 63.4. The minimum absolute atomic E-state index is 0.0597. The van der Waals surface area contributed by atoms with Crippen LogP contribution in [0.4, 0.5) is 30.2 Å². The highest BCUT2D eigenvalue weighted by Crippen LogP contribution is 2.54. The number of hydrogen-bond acceptors (Lipinski definition) is 19. The van der Waals surface area contributed by atoms with Crippen LogP contribution >= 0.6 is 7.60 Å². The molecule has 15 N–H and O–H groups in total. The van der Waals surface area contributed by atoms with E-state index in [0.717, 1.165) is 0 Å². The van der Waals surface area contributed by atoms with Gasteiger partial charge in [0.25, 0.3) is 0 Å². The minimum Gasteiger partial charge on any atom is -0.848 e. The fourth-order valence-electron chi connectivity index (χ4n) is 16.6. The Kier molecular flexibility index (Phi) is 26.9. The molecule has 0 aliphatic carbocycles. The normalized spacial score (nSPS) is 22.0. The predicted molar refractivity (Wildman–Crippen MR) is 451 cm³/mol. The highest BCUT2D eigenvalue weighted by molar-refractivity contribution is 7.60. The van der Waals surface area contributed by atoms with Gasteiger partial charge in [-0.2, -0.15) is 0 Å². The zero-order chi connectivity index (χ0) is 88.1. The van der Waals surface area contributed by atoms with Crippen LogP contribution in [-0.4, -0.2) is 143 Å². The molecule has 24 nitrogen and oxygen atoms in total. The number of benzene rings is 12. The lowest BCUT2D eigenvalue weighted by atomic mass is 9.76. The number of amides is 3. The number of phenolic OH excluding ortho intramolecular Hbond substituents is 4. The van der Waals surface area contributed by atoms with Crippen LogP contribution in [0.5, 0.6) is 23.0 Å². The molecule has 4 saturated heterocycles. The maximum absolute atomic E-state index is 13.5. The Hall–Kier alpha value is -12.3. The van der Waals surface area contributed by atoms with Crippen molar-refractivity contribution in [3.63, 3.8) is 0 Å². The third-order valence-electron chi connectivity index (χ3n) is 23.1. The molecule has 16 rings (SSSR count). The average molecular weight is 1710 g/mol. The summed E-state index contributed by atoms with van der Waals surface area (Å²) in [7, 11) is -4.39. The first-order valence-electron chi connectivity index (χ1n) is 39.8. The molecule has 640 valence electrons. The third kappa shape index (κ3) is 18.8. The summed E-state index contributed by atoms with van der Waals surface area (Å²) in [6.07, 6.45) is -14.6. The van der Waals surface area contributed by atoms with E-state index in [9.17, 15) is 113 Å². The molecule has 4 fully saturated rings. The smallest absolute Gasteiger partial charge is 0.356 e. The number of anilines is 3. The standard InChI is InChI=1S/C36H35FNO9.C30H27FNO7P.C30H26FNO5/c37-23-13-10-20(11-14-23)26(40)17-28(42)30-31(38(36(30)46)24-4-2-1-3-5-24)25-15-12-22(16-27(25)41)19-6-8-21(9-7-19)35-34(45)33(44)32(43)29(18-39)47-35;31-21-11-6-19(7-12-21)25(33)17-27(35)28-29(32(30(28)36)22-4-2-1-3-5-22)24-15-10-20(16-26(24)34)18-8-13-23(14-9-18)40(37,38)39;31-21-12-9-18(10-13-21)25(34)17-27(36)28-29(32(30(28)37)22-6-2-1-3-7-22)24-14-11-20(16-26(24)35)19-5-4-8-23(33)15-19/h1-16,26,28-35,39-44H,17-18H2;1-16,25,27-29,33-35H,17H2,(H2,37,38,39);1-16,25,27-29,33-36H,17H2/q-1;;/t26-,28+,29+,30+,31+,32+,33-,34+,35?;2*25-,27+,28+,29+/m000/s1. The van der Waals surface area contributed by atoms with E-state index >= 15 is 0 Å². The van der Waals surface area contributed by atoms with Crippen LogP contribution in [-0.2, 0) is 23.7 Å². The fourth-order valence-corrected chi connectivity index (χ4v) is 17.1. The molecule has 0 radical (unpaired) electrons. The van der Waals surface area contributed by atoms with Crippen molar-refractivity contribution in [3.8, 4) is 56.4 Å². The SMILES string of the molecule is O=C1[C@H]([C@H](O)C[C@H](O)c2ccc(F)cc2)[C@@H](c2ccc(-c3ccc(C4O[C@H](CO)[C@@H](O)[C@H](O)[C@H]4[O-])cc3)cc2O)N1c1ccccc1.O=C1[C@H]([C@H](O)C[C@H](O)c2ccc(F)cc2)[C@@H](c2ccc(-c3ccc(P(=O)(O)O)cc3)cc2O)N1c1ccccc1.O=C1[C@H]([C@H](O)C[C@H](O)c2ccc(F)cc2)[C@@H](c2ccc(-c3cccc(O)c3)cc2O)N1c1ccccc1. The van der Waals surface area contributed by atoms with E-state index in [4.69, 9.17) is 4.74 Å². The van der Waals surface area contributed by atoms with Crippen molar-refractivity contribution in [2.75, 3.05) is 21.3 Å². The van der Waals surface area contributed by atoms with E-state index in [1.165, 1.54) is 124 Å². The lowest BCUT2D eigenvalue weighted by molar-refractivity contribution is -0.479. The van der Waals surface area contributed by atoms with Crippen molar-refractivity contribution < 1.29 is 118 Å². The summed E-state index contributed by atoms with van der Waals surface area (Å²) < 4.78 is 57.0. The molecule has 12 aromatic rings. The summed E-state index contributed by atoms with van der Waals surface area (Å²) in [6.45, 7) is -0.563. The van der Waals surface area contributed by atoms with Gasteiger partial charge in [0, 0.05) is 53.0 Å². The molecule has 124 heavy (non-hydrogen) atoms. The van der Waals surface area contributed by atoms with E-state index in [1.807, 2.05) is 6.07 Å². The first-order chi connectivity index (χ1) is 59.5. The van der Waals surface area contributed by atoms with Crippen molar-refractivity contribution in [3.05, 3.63) is 348 Å². The van der Waals surface area contributed by atoms with Gasteiger partial charge >= 0.3 is 7.60 Å². The van der Waals surface area contributed by atoms with Crippen LogP contribution < -0.4 is 25.1 Å². The molecule has 12 aromatic carbocycles. The van der Waals surface area contributed by atoms with Gasteiger partial charge in [0.2, 0.25) is 17.7 Å². The van der Waals surface area contributed by atoms with Crippen molar-refractivity contribution in [1.82, 2.24) is 0 Å². The summed E-state index contributed by atoms with van der Waals surface area (Å²) in [5, 5.41) is 151. The van der Waals surface area contributed by atoms with Crippen LogP contribution in [0.15, 0.2) is 291 Å². The van der Waals surface area contributed by atoms with Crippen molar-refractivity contribution >= 4 is 47.7 Å². The number of phenols is 4. The zero-order valence-electron chi connectivity index (χ0n) is 65.9. The number of carbonyl (C=O) groups excluding carboxylic acids is 3. The Bertz CT molecular complexity index is 5780. The number of nitrogens with zero attached hydrogens (tertiary/aromatic N) is 3. The third-order valence-corrected chi connectivity index (χ3v) is 24.1. The van der Waals surface area contributed by atoms with E-state index in [1.54, 1.807) is 176 Å². The van der Waals surface area contributed by atoms with Crippen LogP contribution in [0.3, 0.4) is 0 Å². The highest BCUT2D eigenvalue weighted by Gasteiger charge is 2.56. The fraction of sp³-hybridized carbons (Fsp3) is 0.219. The monoisotopic (exact) mass is 1710 g/mol.